The van der Waals surface area contributed by atoms with Crippen LogP contribution in [0.2, 0.25) is 0 Å². The number of hydrogen-bond acceptors (Lipinski definition) is 3. The normalized spacial score (nSPS) is 20.1. The van der Waals surface area contributed by atoms with Crippen LogP contribution in [0.3, 0.4) is 0 Å². The molecule has 0 saturated carbocycles. The van der Waals surface area contributed by atoms with Crippen molar-refractivity contribution in [3.63, 3.8) is 0 Å². The van der Waals surface area contributed by atoms with E-state index in [2.05, 4.69) is 25.1 Å². The molecule has 1 aromatic rings. The molecule has 2 atom stereocenters. The molecule has 1 aromatic carbocycles. The van der Waals surface area contributed by atoms with Gasteiger partial charge in [-0.2, -0.15) is 0 Å². The molecule has 0 radical (unpaired) electrons. The first-order chi connectivity index (χ1) is 9.24. The fraction of sp³-hybridized carbons (Fsp3) is 0.625. The molecule has 2 rings (SSSR count). The number of ether oxygens (including phenoxy) is 1. The van der Waals surface area contributed by atoms with E-state index < -0.39 is 0 Å². The number of aliphatic hydroxyl groups excluding tert-OH is 1. The summed E-state index contributed by atoms with van der Waals surface area (Å²) in [5.41, 5.74) is 9.94. The highest BCUT2D eigenvalue weighted by atomic mass is 16.5. The van der Waals surface area contributed by atoms with Crippen LogP contribution in [-0.4, -0.2) is 24.4 Å². The van der Waals surface area contributed by atoms with Gasteiger partial charge in [-0.05, 0) is 55.3 Å². The van der Waals surface area contributed by atoms with Crippen molar-refractivity contribution in [1.29, 1.82) is 0 Å². The van der Waals surface area contributed by atoms with E-state index in [9.17, 15) is 0 Å². The lowest BCUT2D eigenvalue weighted by atomic mass is 9.89. The smallest absolute Gasteiger partial charge is 0.0723 e. The topological polar surface area (TPSA) is 55.5 Å². The van der Waals surface area contributed by atoms with Crippen LogP contribution < -0.4 is 5.73 Å². The molecular weight excluding hydrogens is 238 g/mol. The molecular formula is C16H25NO2. The summed E-state index contributed by atoms with van der Waals surface area (Å²) in [6.07, 6.45) is 4.28. The van der Waals surface area contributed by atoms with Gasteiger partial charge >= 0.3 is 0 Å². The lowest BCUT2D eigenvalue weighted by molar-refractivity contribution is 0.0410. The van der Waals surface area contributed by atoms with Crippen LogP contribution in [0.1, 0.15) is 48.8 Å². The van der Waals surface area contributed by atoms with Crippen molar-refractivity contribution in [2.24, 2.45) is 5.73 Å². The monoisotopic (exact) mass is 263 g/mol. The second kappa shape index (κ2) is 7.04. The van der Waals surface area contributed by atoms with E-state index in [1.165, 1.54) is 16.7 Å². The average Bonchev–Trinajstić information content (AvgIpc) is 2.43. The molecule has 3 N–H and O–H groups in total. The highest BCUT2D eigenvalue weighted by Gasteiger charge is 2.17. The zero-order valence-corrected chi connectivity index (χ0v) is 11.8. The van der Waals surface area contributed by atoms with Crippen molar-refractivity contribution in [2.75, 3.05) is 13.2 Å². The summed E-state index contributed by atoms with van der Waals surface area (Å²) in [5.74, 6) is 0.399. The maximum absolute atomic E-state index is 8.86. The Balaban J connectivity index is 2.07. The van der Waals surface area contributed by atoms with Crippen LogP contribution in [0.5, 0.6) is 0 Å². The van der Waals surface area contributed by atoms with E-state index in [0.717, 1.165) is 32.3 Å². The van der Waals surface area contributed by atoms with Crippen molar-refractivity contribution in [3.05, 3.63) is 34.9 Å². The first-order valence-electron chi connectivity index (χ1n) is 7.28. The minimum atomic E-state index is 0.271. The van der Waals surface area contributed by atoms with E-state index in [-0.39, 0.29) is 6.61 Å². The van der Waals surface area contributed by atoms with Crippen LogP contribution in [-0.2, 0) is 17.8 Å². The van der Waals surface area contributed by atoms with Crippen LogP contribution in [0.4, 0.5) is 0 Å². The van der Waals surface area contributed by atoms with Gasteiger partial charge in [0.05, 0.1) is 12.7 Å². The molecule has 19 heavy (non-hydrogen) atoms. The third kappa shape index (κ3) is 3.78. The zero-order chi connectivity index (χ0) is 13.7. The quantitative estimate of drug-likeness (QED) is 0.775. The van der Waals surface area contributed by atoms with Gasteiger partial charge < -0.3 is 15.6 Å². The first-order valence-corrected chi connectivity index (χ1v) is 7.28. The molecule has 3 heteroatoms. The first kappa shape index (κ1) is 14.5. The largest absolute Gasteiger partial charge is 0.396 e. The van der Waals surface area contributed by atoms with E-state index in [1.54, 1.807) is 0 Å². The van der Waals surface area contributed by atoms with Gasteiger partial charge in [-0.3, -0.25) is 0 Å². The molecule has 3 nitrogen and oxygen atoms in total. The zero-order valence-electron chi connectivity index (χ0n) is 11.8. The summed E-state index contributed by atoms with van der Waals surface area (Å²) in [5, 5.41) is 8.86. The predicted octanol–water partition coefficient (Wildman–Crippen LogP) is 2.35. The SMILES string of the molecule is CC1Cc2ccc([C@H](CN)CCCCO)cc2CO1. The van der Waals surface area contributed by atoms with E-state index in [1.807, 2.05) is 0 Å². The Morgan fingerprint density at radius 2 is 2.21 bits per heavy atom. The summed E-state index contributed by atoms with van der Waals surface area (Å²) >= 11 is 0. The Bertz CT molecular complexity index is 406. The van der Waals surface area contributed by atoms with Crippen molar-refractivity contribution < 1.29 is 9.84 Å². The van der Waals surface area contributed by atoms with Crippen LogP contribution in [0.15, 0.2) is 18.2 Å². The number of unbranched alkanes of at least 4 members (excludes halogenated alkanes) is 1. The molecule has 1 aliphatic heterocycles. The Hall–Kier alpha value is -0.900. The van der Waals surface area contributed by atoms with Gasteiger partial charge in [0.2, 0.25) is 0 Å². The standard InChI is InChI=1S/C16H25NO2/c1-12-8-13-5-6-14(9-16(13)11-19-12)15(10-17)4-2-3-7-18/h5-6,9,12,15,18H,2-4,7-8,10-11,17H2,1H3/t12?,15-/m0/s1. The van der Waals surface area contributed by atoms with Gasteiger partial charge in [0.15, 0.2) is 0 Å². The van der Waals surface area contributed by atoms with Gasteiger partial charge in [0, 0.05) is 6.61 Å². The fourth-order valence-corrected chi connectivity index (χ4v) is 2.76. The van der Waals surface area contributed by atoms with Gasteiger partial charge in [-0.15, -0.1) is 0 Å². The number of rotatable bonds is 6. The number of aliphatic hydroxyl groups is 1. The molecule has 0 saturated heterocycles. The second-order valence-electron chi connectivity index (χ2n) is 5.51. The van der Waals surface area contributed by atoms with E-state index in [0.29, 0.717) is 18.6 Å². The van der Waals surface area contributed by atoms with Crippen molar-refractivity contribution in [1.82, 2.24) is 0 Å². The Kier molecular flexibility index (Phi) is 5.37. The third-order valence-corrected chi connectivity index (χ3v) is 3.98. The minimum absolute atomic E-state index is 0.271. The summed E-state index contributed by atoms with van der Waals surface area (Å²) in [6.45, 7) is 3.78. The van der Waals surface area contributed by atoms with E-state index in [4.69, 9.17) is 15.6 Å². The molecule has 1 heterocycles. The molecule has 1 aliphatic rings. The predicted molar refractivity (Wildman–Crippen MR) is 77.1 cm³/mol. The van der Waals surface area contributed by atoms with Crippen LogP contribution in [0.25, 0.3) is 0 Å². The molecule has 0 fully saturated rings. The fourth-order valence-electron chi connectivity index (χ4n) is 2.76. The number of nitrogens with two attached hydrogens (primary N) is 1. The lowest BCUT2D eigenvalue weighted by Crippen LogP contribution is -2.20. The van der Waals surface area contributed by atoms with Gasteiger partial charge in [-0.25, -0.2) is 0 Å². The summed E-state index contributed by atoms with van der Waals surface area (Å²) < 4.78 is 5.71. The van der Waals surface area contributed by atoms with Crippen LogP contribution in [0, 0.1) is 0 Å². The Labute approximate surface area is 115 Å². The molecule has 106 valence electrons. The highest BCUT2D eigenvalue weighted by molar-refractivity contribution is 5.35. The van der Waals surface area contributed by atoms with Gasteiger partial charge in [-0.1, -0.05) is 24.6 Å². The molecule has 1 unspecified atom stereocenters. The summed E-state index contributed by atoms with van der Waals surface area (Å²) in [7, 11) is 0. The maximum atomic E-state index is 8.86. The molecule has 0 spiro atoms. The molecule has 0 bridgehead atoms. The Morgan fingerprint density at radius 1 is 1.37 bits per heavy atom. The van der Waals surface area contributed by atoms with Crippen LogP contribution >= 0.6 is 0 Å². The summed E-state index contributed by atoms with van der Waals surface area (Å²) in [4.78, 5) is 0. The summed E-state index contributed by atoms with van der Waals surface area (Å²) in [6, 6.07) is 6.71. The molecule has 0 amide bonds. The van der Waals surface area contributed by atoms with Crippen molar-refractivity contribution >= 4 is 0 Å². The van der Waals surface area contributed by atoms with Crippen molar-refractivity contribution in [3.8, 4) is 0 Å². The van der Waals surface area contributed by atoms with Gasteiger partial charge in [0.25, 0.3) is 0 Å². The van der Waals surface area contributed by atoms with Gasteiger partial charge in [0.1, 0.15) is 0 Å². The molecule has 0 aliphatic carbocycles. The number of benzene rings is 1. The maximum Gasteiger partial charge on any atom is 0.0723 e. The highest BCUT2D eigenvalue weighted by Crippen LogP contribution is 2.27. The number of hydrogen-bond donors (Lipinski definition) is 2. The lowest BCUT2D eigenvalue weighted by Gasteiger charge is -2.24. The van der Waals surface area contributed by atoms with Crippen molar-refractivity contribution in [2.45, 2.75) is 51.2 Å². The molecule has 0 aromatic heterocycles. The second-order valence-corrected chi connectivity index (χ2v) is 5.51. The Morgan fingerprint density at radius 3 is 2.95 bits per heavy atom. The minimum Gasteiger partial charge on any atom is -0.396 e. The average molecular weight is 263 g/mol. The van der Waals surface area contributed by atoms with E-state index >= 15 is 0 Å². The third-order valence-electron chi connectivity index (χ3n) is 3.98. The number of fused-ring (bicyclic) bond motifs is 1.